The number of amides is 2. The number of benzene rings is 1. The molecule has 0 bridgehead atoms. The first-order valence-corrected chi connectivity index (χ1v) is 12.3. The Kier molecular flexibility index (Phi) is 5.95. The Labute approximate surface area is 181 Å². The fraction of sp³-hybridized carbons (Fsp3) is 0.211. The molecule has 2 N–H and O–H groups in total. The minimum Gasteiger partial charge on any atom is -0.321 e. The summed E-state index contributed by atoms with van der Waals surface area (Å²) in [5, 5.41) is 9.25. The zero-order chi connectivity index (χ0) is 21.1. The van der Waals surface area contributed by atoms with Crippen molar-refractivity contribution in [3.05, 3.63) is 57.7 Å². The highest BCUT2D eigenvalue weighted by molar-refractivity contribution is 7.89. The Balaban J connectivity index is 1.46. The highest BCUT2D eigenvalue weighted by Gasteiger charge is 2.31. The van der Waals surface area contributed by atoms with E-state index in [4.69, 9.17) is 0 Å². The van der Waals surface area contributed by atoms with E-state index < -0.39 is 15.9 Å². The van der Waals surface area contributed by atoms with E-state index in [9.17, 15) is 18.0 Å². The summed E-state index contributed by atoms with van der Waals surface area (Å²) in [4.78, 5) is 29.1. The molecule has 0 saturated carbocycles. The molecule has 1 aliphatic rings. The molecule has 0 atom stereocenters. The van der Waals surface area contributed by atoms with Gasteiger partial charge >= 0.3 is 0 Å². The summed E-state index contributed by atoms with van der Waals surface area (Å²) in [6.07, 6.45) is 3.25. The molecule has 11 heteroatoms. The maximum Gasteiger partial charge on any atom is 0.267 e. The van der Waals surface area contributed by atoms with Gasteiger partial charge in [-0.3, -0.25) is 14.9 Å². The second-order valence-electron chi connectivity index (χ2n) is 6.55. The number of hydrogen-bond donors (Lipinski definition) is 2. The van der Waals surface area contributed by atoms with E-state index in [1.807, 2.05) is 0 Å². The molecule has 2 amide bonds. The second-order valence-corrected chi connectivity index (χ2v) is 10.3. The lowest BCUT2D eigenvalue weighted by Crippen LogP contribution is -2.29. The van der Waals surface area contributed by atoms with Gasteiger partial charge in [0.25, 0.3) is 11.8 Å². The third-order valence-electron chi connectivity index (χ3n) is 4.58. The van der Waals surface area contributed by atoms with E-state index in [1.54, 1.807) is 41.2 Å². The fourth-order valence-corrected chi connectivity index (χ4v) is 6.42. The summed E-state index contributed by atoms with van der Waals surface area (Å²) in [5.41, 5.74) is 0.875. The van der Waals surface area contributed by atoms with Crippen LogP contribution >= 0.6 is 22.7 Å². The summed E-state index contributed by atoms with van der Waals surface area (Å²) < 4.78 is 27.1. The van der Waals surface area contributed by atoms with Gasteiger partial charge < -0.3 is 5.32 Å². The number of carbonyl (C=O) groups is 2. The molecule has 0 aliphatic carbocycles. The molecule has 1 aromatic carbocycles. The number of aromatic nitrogens is 1. The van der Waals surface area contributed by atoms with Crippen molar-refractivity contribution in [2.24, 2.45) is 0 Å². The number of carbonyl (C=O) groups excluding carboxylic acids is 2. The van der Waals surface area contributed by atoms with Crippen molar-refractivity contribution in [2.45, 2.75) is 17.7 Å². The van der Waals surface area contributed by atoms with Crippen molar-refractivity contribution in [3.8, 4) is 0 Å². The molecule has 3 aromatic rings. The number of rotatable bonds is 6. The van der Waals surface area contributed by atoms with Gasteiger partial charge in [0, 0.05) is 35.9 Å². The first-order valence-electron chi connectivity index (χ1n) is 9.15. The molecule has 8 nitrogen and oxygen atoms in total. The average molecular weight is 463 g/mol. The average Bonchev–Trinajstić information content (AvgIpc) is 3.50. The summed E-state index contributed by atoms with van der Waals surface area (Å²) in [5.74, 6) is -0.803. The first kappa shape index (κ1) is 20.7. The van der Waals surface area contributed by atoms with Crippen LogP contribution in [-0.2, 0) is 10.0 Å². The number of nitrogens with zero attached hydrogens (tertiary/aromatic N) is 2. The molecule has 0 radical (unpaired) electrons. The Bertz CT molecular complexity index is 1150. The Morgan fingerprint density at radius 3 is 2.33 bits per heavy atom. The second kappa shape index (κ2) is 8.64. The van der Waals surface area contributed by atoms with Crippen LogP contribution in [0.2, 0.25) is 0 Å². The quantitative estimate of drug-likeness (QED) is 0.583. The van der Waals surface area contributed by atoms with E-state index in [0.29, 0.717) is 29.5 Å². The number of thiazole rings is 1. The van der Waals surface area contributed by atoms with Gasteiger partial charge in [-0.05, 0) is 48.6 Å². The number of thiophene rings is 1. The van der Waals surface area contributed by atoms with Crippen LogP contribution in [0.25, 0.3) is 0 Å². The van der Waals surface area contributed by atoms with E-state index in [2.05, 4.69) is 15.6 Å². The normalized spacial score (nSPS) is 14.5. The lowest BCUT2D eigenvalue weighted by molar-refractivity contribution is 0.102. The van der Waals surface area contributed by atoms with Crippen LogP contribution in [0.15, 0.2) is 52.2 Å². The fourth-order valence-electron chi connectivity index (χ4n) is 3.08. The zero-order valence-corrected chi connectivity index (χ0v) is 18.1. The van der Waals surface area contributed by atoms with Crippen molar-refractivity contribution >= 4 is 55.3 Å². The highest BCUT2D eigenvalue weighted by atomic mass is 32.2. The summed E-state index contributed by atoms with van der Waals surface area (Å²) in [6.45, 7) is 0.952. The maximum atomic E-state index is 12.8. The highest BCUT2D eigenvalue weighted by Crippen LogP contribution is 2.28. The Morgan fingerprint density at radius 1 is 0.933 bits per heavy atom. The predicted molar refractivity (Wildman–Crippen MR) is 117 cm³/mol. The molecule has 3 heterocycles. The maximum absolute atomic E-state index is 12.8. The zero-order valence-electron chi connectivity index (χ0n) is 15.7. The van der Waals surface area contributed by atoms with Crippen LogP contribution in [0, 0.1) is 0 Å². The first-order chi connectivity index (χ1) is 14.4. The molecule has 1 saturated heterocycles. The van der Waals surface area contributed by atoms with Gasteiger partial charge in [0.05, 0.1) is 0 Å². The monoisotopic (exact) mass is 462 g/mol. The number of anilines is 2. The van der Waals surface area contributed by atoms with Crippen LogP contribution in [-0.4, -0.2) is 42.6 Å². The third kappa shape index (κ3) is 4.29. The van der Waals surface area contributed by atoms with Crippen molar-refractivity contribution < 1.29 is 18.0 Å². The van der Waals surface area contributed by atoms with Crippen molar-refractivity contribution in [3.63, 3.8) is 0 Å². The van der Waals surface area contributed by atoms with E-state index in [1.165, 1.54) is 21.7 Å². The molecule has 0 unspecified atom stereocenters. The van der Waals surface area contributed by atoms with Gasteiger partial charge in [-0.15, -0.1) is 22.7 Å². The van der Waals surface area contributed by atoms with Gasteiger partial charge in [0.15, 0.2) is 5.13 Å². The van der Waals surface area contributed by atoms with Gasteiger partial charge in [0.2, 0.25) is 10.0 Å². The number of sulfonamides is 1. The summed E-state index contributed by atoms with van der Waals surface area (Å²) >= 11 is 2.40. The molecule has 4 rings (SSSR count). The van der Waals surface area contributed by atoms with Gasteiger partial charge in [-0.1, -0.05) is 0 Å². The minimum atomic E-state index is -3.68. The van der Waals surface area contributed by atoms with Gasteiger partial charge in [-0.25, -0.2) is 13.4 Å². The molecular formula is C19H18N4O4S3. The summed E-state index contributed by atoms with van der Waals surface area (Å²) in [6, 6.07) is 7.82. The largest absolute Gasteiger partial charge is 0.321 e. The van der Waals surface area contributed by atoms with E-state index in [0.717, 1.165) is 24.2 Å². The third-order valence-corrected chi connectivity index (χ3v) is 8.25. The minimum absolute atomic E-state index is 0.0337. The predicted octanol–water partition coefficient (Wildman–Crippen LogP) is 3.49. The van der Waals surface area contributed by atoms with Crippen molar-refractivity contribution in [1.29, 1.82) is 0 Å². The lowest BCUT2D eigenvalue weighted by atomic mass is 10.2. The van der Waals surface area contributed by atoms with Crippen LogP contribution in [0.5, 0.6) is 0 Å². The molecular weight excluding hydrogens is 444 g/mol. The van der Waals surface area contributed by atoms with Crippen LogP contribution < -0.4 is 10.6 Å². The van der Waals surface area contributed by atoms with Crippen molar-refractivity contribution in [1.82, 2.24) is 9.29 Å². The van der Waals surface area contributed by atoms with Crippen molar-refractivity contribution in [2.75, 3.05) is 23.7 Å². The Hall–Kier alpha value is -2.60. The summed E-state index contributed by atoms with van der Waals surface area (Å²) in [7, 11) is -3.68. The smallest absolute Gasteiger partial charge is 0.267 e. The number of hydrogen-bond acceptors (Lipinski definition) is 7. The van der Waals surface area contributed by atoms with Crippen LogP contribution in [0.1, 0.15) is 32.9 Å². The van der Waals surface area contributed by atoms with E-state index in [-0.39, 0.29) is 15.7 Å². The Morgan fingerprint density at radius 2 is 1.67 bits per heavy atom. The molecule has 156 valence electrons. The molecule has 30 heavy (non-hydrogen) atoms. The standard InChI is InChI=1S/C19H18N4O4S3/c24-17(22-19-20-8-12-29-19)13-3-5-14(6-4-13)21-18(25)16-15(7-11-28-16)30(26,27)23-9-1-2-10-23/h3-8,11-12H,1-2,9-10H2,(H,21,25)(H,20,22,24). The molecule has 0 spiro atoms. The van der Waals surface area contributed by atoms with Crippen LogP contribution in [0.3, 0.4) is 0 Å². The van der Waals surface area contributed by atoms with Crippen LogP contribution in [0.4, 0.5) is 10.8 Å². The van der Waals surface area contributed by atoms with Gasteiger partial charge in [0.1, 0.15) is 9.77 Å². The topological polar surface area (TPSA) is 108 Å². The lowest BCUT2D eigenvalue weighted by Gasteiger charge is -2.15. The molecule has 1 aliphatic heterocycles. The number of nitrogens with one attached hydrogen (secondary N) is 2. The van der Waals surface area contributed by atoms with E-state index >= 15 is 0 Å². The molecule has 1 fully saturated rings. The molecule has 2 aromatic heterocycles. The SMILES string of the molecule is O=C(Nc1nccs1)c1ccc(NC(=O)c2sccc2S(=O)(=O)N2CCCC2)cc1. The van der Waals surface area contributed by atoms with Gasteiger partial charge in [-0.2, -0.15) is 4.31 Å².